The molecular weight excluding hydrogens is 126 g/mol. The Kier molecular flexibility index (Phi) is 2.11. The maximum Gasteiger partial charge on any atom is 0.123 e. The molecule has 1 aliphatic heterocycles. The van der Waals surface area contributed by atoms with E-state index in [4.69, 9.17) is 16.5 Å². The second kappa shape index (κ2) is 2.67. The normalized spacial score (nSPS) is 31.5. The molecular formula is C5H10ClNO. The number of nitrogens with zero attached hydrogens (tertiary/aromatic N) is 1. The van der Waals surface area contributed by atoms with Crippen molar-refractivity contribution < 1.29 is 4.74 Å². The van der Waals surface area contributed by atoms with E-state index in [0.717, 1.165) is 19.4 Å². The largest absolute Gasteiger partial charge is 0.365 e. The van der Waals surface area contributed by atoms with E-state index >= 15 is 0 Å². The van der Waals surface area contributed by atoms with E-state index in [1.807, 2.05) is 0 Å². The maximum atomic E-state index is 5.69. The van der Waals surface area contributed by atoms with E-state index in [1.54, 1.807) is 11.5 Å². The summed E-state index contributed by atoms with van der Waals surface area (Å²) in [4.78, 5) is 0. The van der Waals surface area contributed by atoms with Crippen molar-refractivity contribution in [2.75, 3.05) is 13.7 Å². The van der Waals surface area contributed by atoms with Crippen molar-refractivity contribution in [1.29, 1.82) is 0 Å². The molecule has 0 radical (unpaired) electrons. The van der Waals surface area contributed by atoms with Crippen LogP contribution in [0.25, 0.3) is 0 Å². The molecule has 0 saturated carbocycles. The molecule has 0 N–H and O–H groups in total. The van der Waals surface area contributed by atoms with Gasteiger partial charge >= 0.3 is 0 Å². The summed E-state index contributed by atoms with van der Waals surface area (Å²) in [7, 11) is 1.69. The molecule has 0 aliphatic carbocycles. The van der Waals surface area contributed by atoms with Crippen molar-refractivity contribution in [1.82, 2.24) is 4.42 Å². The Labute approximate surface area is 54.5 Å². The first kappa shape index (κ1) is 6.33. The summed E-state index contributed by atoms with van der Waals surface area (Å²) in [6.45, 7) is 0.958. The van der Waals surface area contributed by atoms with Crippen LogP contribution in [0.5, 0.6) is 0 Å². The third-order valence-electron chi connectivity index (χ3n) is 1.41. The van der Waals surface area contributed by atoms with Crippen LogP contribution in [0.3, 0.4) is 0 Å². The number of rotatable bonds is 1. The third kappa shape index (κ3) is 1.13. The van der Waals surface area contributed by atoms with E-state index in [1.165, 1.54) is 0 Å². The van der Waals surface area contributed by atoms with Crippen LogP contribution >= 0.6 is 11.8 Å². The lowest BCUT2D eigenvalue weighted by Crippen LogP contribution is -2.20. The molecule has 1 fully saturated rings. The van der Waals surface area contributed by atoms with Crippen LogP contribution in [-0.4, -0.2) is 24.3 Å². The van der Waals surface area contributed by atoms with Gasteiger partial charge in [-0.2, -0.15) is 4.42 Å². The molecule has 1 rings (SSSR count). The first-order valence-electron chi connectivity index (χ1n) is 2.80. The fraction of sp³-hybridized carbons (Fsp3) is 1.00. The topological polar surface area (TPSA) is 12.5 Å². The van der Waals surface area contributed by atoms with Gasteiger partial charge in [-0.3, -0.25) is 0 Å². The minimum absolute atomic E-state index is 0.164. The molecule has 1 aliphatic rings. The molecule has 0 aromatic rings. The Morgan fingerprint density at radius 2 is 2.50 bits per heavy atom. The zero-order chi connectivity index (χ0) is 5.98. The summed E-state index contributed by atoms with van der Waals surface area (Å²) in [5.74, 6) is 0. The lowest BCUT2D eigenvalue weighted by atomic mass is 10.4. The fourth-order valence-electron chi connectivity index (χ4n) is 0.933. The molecule has 1 heterocycles. The molecule has 0 aromatic heterocycles. The first-order valence-corrected chi connectivity index (χ1v) is 3.13. The van der Waals surface area contributed by atoms with Gasteiger partial charge in [-0.25, -0.2) is 0 Å². The Balaban J connectivity index is 2.30. The van der Waals surface area contributed by atoms with Gasteiger partial charge in [-0.1, -0.05) is 0 Å². The van der Waals surface area contributed by atoms with Gasteiger partial charge in [0.2, 0.25) is 0 Å². The van der Waals surface area contributed by atoms with Crippen molar-refractivity contribution in [3.63, 3.8) is 0 Å². The van der Waals surface area contributed by atoms with E-state index in [0.29, 0.717) is 0 Å². The van der Waals surface area contributed by atoms with Crippen molar-refractivity contribution in [2.45, 2.75) is 19.1 Å². The van der Waals surface area contributed by atoms with Gasteiger partial charge in [0.25, 0.3) is 0 Å². The Morgan fingerprint density at radius 1 is 1.75 bits per heavy atom. The highest BCUT2D eigenvalue weighted by atomic mass is 35.5. The van der Waals surface area contributed by atoms with Crippen molar-refractivity contribution in [2.24, 2.45) is 0 Å². The van der Waals surface area contributed by atoms with Gasteiger partial charge in [0.05, 0.1) is 0 Å². The van der Waals surface area contributed by atoms with Crippen LogP contribution < -0.4 is 0 Å². The third-order valence-corrected chi connectivity index (χ3v) is 1.79. The molecule has 0 aromatic carbocycles. The van der Waals surface area contributed by atoms with Crippen LogP contribution in [0.4, 0.5) is 0 Å². The monoisotopic (exact) mass is 135 g/mol. The molecule has 1 saturated heterocycles. The maximum absolute atomic E-state index is 5.69. The molecule has 1 atom stereocenters. The highest BCUT2D eigenvalue weighted by Crippen LogP contribution is 2.18. The predicted octanol–water partition coefficient (Wildman–Crippen LogP) is 1.21. The number of hydrogen-bond acceptors (Lipinski definition) is 2. The lowest BCUT2D eigenvalue weighted by molar-refractivity contribution is 0.0417. The number of methoxy groups -OCH3 is 1. The smallest absolute Gasteiger partial charge is 0.123 e. The highest BCUT2D eigenvalue weighted by Gasteiger charge is 2.21. The van der Waals surface area contributed by atoms with Crippen molar-refractivity contribution in [3.8, 4) is 0 Å². The zero-order valence-electron chi connectivity index (χ0n) is 4.93. The van der Waals surface area contributed by atoms with Crippen LogP contribution in [-0.2, 0) is 4.74 Å². The van der Waals surface area contributed by atoms with E-state index < -0.39 is 0 Å². The highest BCUT2D eigenvalue weighted by molar-refractivity contribution is 6.13. The van der Waals surface area contributed by atoms with E-state index in [-0.39, 0.29) is 6.23 Å². The quantitative estimate of drug-likeness (QED) is 0.501. The van der Waals surface area contributed by atoms with Gasteiger partial charge in [-0.15, -0.1) is 0 Å². The number of hydrogen-bond donors (Lipinski definition) is 0. The zero-order valence-corrected chi connectivity index (χ0v) is 5.69. The molecule has 48 valence electrons. The molecule has 0 spiro atoms. The van der Waals surface area contributed by atoms with E-state index in [2.05, 4.69) is 0 Å². The van der Waals surface area contributed by atoms with Gasteiger partial charge in [0.15, 0.2) is 0 Å². The average Bonchev–Trinajstić information content (AvgIpc) is 2.14. The first-order chi connectivity index (χ1) is 3.84. The Morgan fingerprint density at radius 3 is 2.75 bits per heavy atom. The molecule has 0 unspecified atom stereocenters. The SMILES string of the molecule is CO[C@H]1CCCN1Cl. The second-order valence-corrected chi connectivity index (χ2v) is 2.39. The summed E-state index contributed by atoms with van der Waals surface area (Å²) in [5, 5.41) is 0. The molecule has 2 nitrogen and oxygen atoms in total. The summed E-state index contributed by atoms with van der Waals surface area (Å²) in [6, 6.07) is 0. The summed E-state index contributed by atoms with van der Waals surface area (Å²) in [5.41, 5.74) is 0. The summed E-state index contributed by atoms with van der Waals surface area (Å²) < 4.78 is 6.73. The Hall–Kier alpha value is 0.210. The fourth-order valence-corrected chi connectivity index (χ4v) is 1.23. The molecule has 0 amide bonds. The van der Waals surface area contributed by atoms with Crippen LogP contribution in [0, 0.1) is 0 Å². The molecule has 0 bridgehead atoms. The minimum atomic E-state index is 0.164. The predicted molar refractivity (Wildman–Crippen MR) is 32.6 cm³/mol. The van der Waals surface area contributed by atoms with Gasteiger partial charge in [0, 0.05) is 13.7 Å². The molecule has 3 heteroatoms. The number of ether oxygens (including phenoxy) is 1. The van der Waals surface area contributed by atoms with Gasteiger partial charge in [-0.05, 0) is 24.6 Å². The van der Waals surface area contributed by atoms with Gasteiger partial charge < -0.3 is 4.74 Å². The number of halogens is 1. The second-order valence-electron chi connectivity index (χ2n) is 1.96. The Bertz CT molecular complexity index is 78.8. The molecule has 8 heavy (non-hydrogen) atoms. The van der Waals surface area contributed by atoms with Crippen LogP contribution in [0.1, 0.15) is 12.8 Å². The average molecular weight is 136 g/mol. The van der Waals surface area contributed by atoms with Crippen LogP contribution in [0.15, 0.2) is 0 Å². The minimum Gasteiger partial charge on any atom is -0.365 e. The van der Waals surface area contributed by atoms with Crippen molar-refractivity contribution >= 4 is 11.8 Å². The van der Waals surface area contributed by atoms with Crippen molar-refractivity contribution in [3.05, 3.63) is 0 Å². The van der Waals surface area contributed by atoms with E-state index in [9.17, 15) is 0 Å². The lowest BCUT2D eigenvalue weighted by Gasteiger charge is -2.13. The standard InChI is InChI=1S/C5H10ClNO/c1-8-5-3-2-4-7(5)6/h5H,2-4H2,1H3/t5-/m0/s1. The summed E-state index contributed by atoms with van der Waals surface area (Å²) >= 11 is 5.69. The van der Waals surface area contributed by atoms with Crippen LogP contribution in [0.2, 0.25) is 0 Å². The summed E-state index contributed by atoms with van der Waals surface area (Å²) in [6.07, 6.45) is 2.39. The van der Waals surface area contributed by atoms with Gasteiger partial charge in [0.1, 0.15) is 6.23 Å².